The molecule has 0 bridgehead atoms. The maximum atomic E-state index is 11.2. The Kier molecular flexibility index (Phi) is 5.35. The molecule has 0 aliphatic carbocycles. The molecule has 0 saturated carbocycles. The molecule has 0 amide bonds. The first-order chi connectivity index (χ1) is 9.48. The van der Waals surface area contributed by atoms with Gasteiger partial charge in [-0.15, -0.1) is 0 Å². The summed E-state index contributed by atoms with van der Waals surface area (Å²) >= 11 is 0. The maximum absolute atomic E-state index is 11.2. The van der Waals surface area contributed by atoms with E-state index >= 15 is 0 Å². The summed E-state index contributed by atoms with van der Waals surface area (Å²) in [7, 11) is -0.687. The summed E-state index contributed by atoms with van der Waals surface area (Å²) in [4.78, 5) is 2.54. The first kappa shape index (κ1) is 15.7. The second-order valence-corrected chi connectivity index (χ2v) is 7.85. The number of nitrogens with zero attached hydrogens (tertiary/aromatic N) is 1. The Morgan fingerprint density at radius 3 is 2.70 bits per heavy atom. The number of benzene rings is 1. The largest absolute Gasteiger partial charge is 0.309 e. The molecule has 1 saturated heterocycles. The van der Waals surface area contributed by atoms with Gasteiger partial charge in [0, 0.05) is 47.5 Å². The lowest BCUT2D eigenvalue weighted by Gasteiger charge is -2.45. The van der Waals surface area contributed by atoms with Crippen LogP contribution in [0.5, 0.6) is 0 Å². The predicted molar refractivity (Wildman–Crippen MR) is 86.4 cm³/mol. The predicted octanol–water partition coefficient (Wildman–Crippen LogP) is 2.18. The van der Waals surface area contributed by atoms with Crippen LogP contribution in [-0.2, 0) is 10.8 Å². The minimum absolute atomic E-state index is 0.149. The molecule has 1 aliphatic heterocycles. The van der Waals surface area contributed by atoms with Gasteiger partial charge in [-0.3, -0.25) is 9.11 Å². The molecule has 3 nitrogen and oxygen atoms in total. The van der Waals surface area contributed by atoms with Crippen molar-refractivity contribution in [3.8, 4) is 0 Å². The zero-order valence-corrected chi connectivity index (χ0v) is 13.6. The quantitative estimate of drug-likeness (QED) is 0.903. The van der Waals surface area contributed by atoms with Crippen LogP contribution in [0.2, 0.25) is 0 Å². The van der Waals surface area contributed by atoms with Gasteiger partial charge in [0.1, 0.15) is 0 Å². The summed E-state index contributed by atoms with van der Waals surface area (Å²) in [5.74, 6) is 0.797. The highest BCUT2D eigenvalue weighted by Gasteiger charge is 2.32. The maximum Gasteiger partial charge on any atom is 0.0473 e. The normalized spacial score (nSPS) is 24.4. The highest BCUT2D eigenvalue weighted by molar-refractivity contribution is 7.84. The van der Waals surface area contributed by atoms with Crippen molar-refractivity contribution in [3.63, 3.8) is 0 Å². The van der Waals surface area contributed by atoms with Crippen molar-refractivity contribution in [1.29, 1.82) is 0 Å². The molecule has 2 unspecified atom stereocenters. The molecule has 20 heavy (non-hydrogen) atoms. The fourth-order valence-corrected chi connectivity index (χ4v) is 3.42. The van der Waals surface area contributed by atoms with E-state index in [1.807, 2.05) is 0 Å². The van der Waals surface area contributed by atoms with E-state index in [-0.39, 0.29) is 5.54 Å². The molecule has 0 spiro atoms. The number of nitrogens with one attached hydrogen (secondary N) is 1. The Hall–Kier alpha value is -0.710. The SMILES string of the molecule is CS(=O)CCCN1CC(C)(C)NCC1c1ccccc1. The third-order valence-electron chi connectivity index (χ3n) is 3.87. The van der Waals surface area contributed by atoms with E-state index in [4.69, 9.17) is 0 Å². The van der Waals surface area contributed by atoms with Crippen LogP contribution in [0.1, 0.15) is 31.9 Å². The standard InChI is InChI=1S/C16H26N2OS/c1-16(2)13-18(10-7-11-20(3)19)15(12-17-16)14-8-5-4-6-9-14/h4-6,8-9,15,17H,7,10-13H2,1-3H3. The van der Waals surface area contributed by atoms with E-state index in [2.05, 4.69) is 54.4 Å². The summed E-state index contributed by atoms with van der Waals surface area (Å²) in [5.41, 5.74) is 1.52. The van der Waals surface area contributed by atoms with Gasteiger partial charge in [-0.1, -0.05) is 30.3 Å². The van der Waals surface area contributed by atoms with Crippen LogP contribution >= 0.6 is 0 Å². The van der Waals surface area contributed by atoms with E-state index in [0.717, 1.165) is 31.8 Å². The Morgan fingerprint density at radius 1 is 1.35 bits per heavy atom. The summed E-state index contributed by atoms with van der Waals surface area (Å²) in [6.45, 7) is 7.53. The van der Waals surface area contributed by atoms with E-state index in [1.54, 1.807) is 6.26 Å². The van der Waals surface area contributed by atoms with Gasteiger partial charge in [0.25, 0.3) is 0 Å². The molecule has 2 atom stereocenters. The smallest absolute Gasteiger partial charge is 0.0473 e. The summed E-state index contributed by atoms with van der Waals surface area (Å²) in [6.07, 6.45) is 2.79. The summed E-state index contributed by atoms with van der Waals surface area (Å²) in [5, 5.41) is 3.63. The van der Waals surface area contributed by atoms with E-state index in [9.17, 15) is 4.21 Å². The average molecular weight is 294 g/mol. The first-order valence-electron chi connectivity index (χ1n) is 7.32. The van der Waals surface area contributed by atoms with Gasteiger partial charge in [-0.05, 0) is 32.4 Å². The lowest BCUT2D eigenvalue weighted by atomic mass is 9.95. The van der Waals surface area contributed by atoms with Crippen LogP contribution in [0, 0.1) is 0 Å². The van der Waals surface area contributed by atoms with Crippen molar-refractivity contribution in [2.45, 2.75) is 31.8 Å². The second-order valence-electron chi connectivity index (χ2n) is 6.29. The van der Waals surface area contributed by atoms with Crippen LogP contribution < -0.4 is 5.32 Å². The third-order valence-corrected chi connectivity index (χ3v) is 4.74. The molecule has 112 valence electrons. The van der Waals surface area contributed by atoms with Crippen LogP contribution in [0.3, 0.4) is 0 Å². The van der Waals surface area contributed by atoms with Gasteiger partial charge in [0.05, 0.1) is 0 Å². The van der Waals surface area contributed by atoms with Gasteiger partial charge >= 0.3 is 0 Å². The van der Waals surface area contributed by atoms with Gasteiger partial charge in [-0.25, -0.2) is 0 Å². The molecule has 1 aromatic rings. The summed E-state index contributed by atoms with van der Waals surface area (Å²) < 4.78 is 11.2. The molecule has 1 N–H and O–H groups in total. The van der Waals surface area contributed by atoms with Gasteiger partial charge in [0.15, 0.2) is 0 Å². The Morgan fingerprint density at radius 2 is 2.05 bits per heavy atom. The van der Waals surface area contributed by atoms with Crippen LogP contribution in [0.15, 0.2) is 30.3 Å². The molecule has 1 heterocycles. The molecule has 0 aromatic heterocycles. The molecular formula is C16H26N2OS. The van der Waals surface area contributed by atoms with Crippen molar-refractivity contribution in [3.05, 3.63) is 35.9 Å². The van der Waals surface area contributed by atoms with Crippen molar-refractivity contribution >= 4 is 10.8 Å². The Bertz CT molecular complexity index is 447. The van der Waals surface area contributed by atoms with Crippen molar-refractivity contribution in [2.75, 3.05) is 31.6 Å². The topological polar surface area (TPSA) is 32.3 Å². The van der Waals surface area contributed by atoms with Crippen molar-refractivity contribution < 1.29 is 4.21 Å². The fourth-order valence-electron chi connectivity index (χ4n) is 2.89. The molecule has 0 radical (unpaired) electrons. The van der Waals surface area contributed by atoms with E-state index in [1.165, 1.54) is 5.56 Å². The average Bonchev–Trinajstić information content (AvgIpc) is 2.38. The summed E-state index contributed by atoms with van der Waals surface area (Å²) in [6, 6.07) is 11.1. The lowest BCUT2D eigenvalue weighted by molar-refractivity contribution is 0.0955. The molecule has 1 aromatic carbocycles. The minimum atomic E-state index is -0.687. The fraction of sp³-hybridized carbons (Fsp3) is 0.625. The van der Waals surface area contributed by atoms with Gasteiger partial charge in [-0.2, -0.15) is 0 Å². The van der Waals surface area contributed by atoms with Crippen molar-refractivity contribution in [1.82, 2.24) is 10.2 Å². The molecule has 1 fully saturated rings. The van der Waals surface area contributed by atoms with Crippen molar-refractivity contribution in [2.24, 2.45) is 0 Å². The Balaban J connectivity index is 2.06. The first-order valence-corrected chi connectivity index (χ1v) is 9.05. The van der Waals surface area contributed by atoms with Crippen LogP contribution in [0.4, 0.5) is 0 Å². The number of piperazine rings is 1. The monoisotopic (exact) mass is 294 g/mol. The van der Waals surface area contributed by atoms with E-state index < -0.39 is 10.8 Å². The molecule has 1 aliphatic rings. The van der Waals surface area contributed by atoms with E-state index in [0.29, 0.717) is 6.04 Å². The molecule has 4 heteroatoms. The minimum Gasteiger partial charge on any atom is -0.309 e. The van der Waals surface area contributed by atoms with Gasteiger partial charge < -0.3 is 5.32 Å². The highest BCUT2D eigenvalue weighted by Crippen LogP contribution is 2.26. The molecule has 2 rings (SSSR count). The number of rotatable bonds is 5. The number of hydrogen-bond acceptors (Lipinski definition) is 3. The second kappa shape index (κ2) is 6.83. The van der Waals surface area contributed by atoms with Crippen LogP contribution in [-0.4, -0.2) is 46.3 Å². The molecular weight excluding hydrogens is 268 g/mol. The Labute approximate surface area is 125 Å². The highest BCUT2D eigenvalue weighted by atomic mass is 32.2. The zero-order chi connectivity index (χ0) is 14.6. The third kappa shape index (κ3) is 4.40. The van der Waals surface area contributed by atoms with Gasteiger partial charge in [0.2, 0.25) is 0 Å². The van der Waals surface area contributed by atoms with Crippen LogP contribution in [0.25, 0.3) is 0 Å². The number of hydrogen-bond donors (Lipinski definition) is 1. The lowest BCUT2D eigenvalue weighted by Crippen LogP contribution is -2.58. The zero-order valence-electron chi connectivity index (χ0n) is 12.8.